The topological polar surface area (TPSA) is 244 Å². The van der Waals surface area contributed by atoms with Crippen LogP contribution in [0.2, 0.25) is 0 Å². The molecule has 2 amide bonds. The predicted molar refractivity (Wildman–Crippen MR) is 184 cm³/mol. The van der Waals surface area contributed by atoms with Crippen LogP contribution in [0, 0.1) is 11.8 Å². The van der Waals surface area contributed by atoms with Gasteiger partial charge in [0.2, 0.25) is 11.8 Å². The minimum absolute atomic E-state index is 0.0188. The number of halogens is 6. The van der Waals surface area contributed by atoms with Gasteiger partial charge in [0, 0.05) is 55.7 Å². The first-order valence-electron chi connectivity index (χ1n) is 17.0. The van der Waals surface area contributed by atoms with E-state index in [1.54, 1.807) is 0 Å². The average Bonchev–Trinajstić information content (AvgIpc) is 3.65. The third-order valence-corrected chi connectivity index (χ3v) is 12.7. The van der Waals surface area contributed by atoms with Crippen LogP contribution >= 0.6 is 23.5 Å². The van der Waals surface area contributed by atoms with Gasteiger partial charge in [-0.1, -0.05) is 23.5 Å². The van der Waals surface area contributed by atoms with Crippen LogP contribution in [0.25, 0.3) is 0 Å². The van der Waals surface area contributed by atoms with Gasteiger partial charge in [-0.15, -0.1) is 0 Å². The number of pyridine rings is 2. The minimum atomic E-state index is -6.09. The third-order valence-electron chi connectivity index (χ3n) is 9.64. The quantitative estimate of drug-likeness (QED) is 0.0944. The van der Waals surface area contributed by atoms with Gasteiger partial charge in [0.1, 0.15) is 43.5 Å². The fourth-order valence-electron chi connectivity index (χ4n) is 7.10. The number of amides is 2. The van der Waals surface area contributed by atoms with Crippen LogP contribution in [-0.4, -0.2) is 112 Å². The first-order chi connectivity index (χ1) is 27.3. The number of carboxylic acids is 3. The number of nitrogens with one attached hydrogen (secondary N) is 2. The van der Waals surface area contributed by atoms with Crippen molar-refractivity contribution >= 4 is 63.4 Å². The van der Waals surface area contributed by atoms with E-state index in [-0.39, 0.29) is 59.2 Å². The number of β-lactam (4-membered cyclic amide) rings is 2. The zero-order chi connectivity index (χ0) is 43.9. The largest absolute Gasteiger partial charge is 0.741 e. The number of aromatic nitrogens is 2. The van der Waals surface area contributed by atoms with Gasteiger partial charge in [0.05, 0.1) is 12.1 Å². The molecule has 59 heavy (non-hydrogen) atoms. The lowest BCUT2D eigenvalue weighted by molar-refractivity contribution is -0.671. The lowest BCUT2D eigenvalue weighted by Gasteiger charge is -2.48. The van der Waals surface area contributed by atoms with Gasteiger partial charge in [-0.2, -0.15) is 26.3 Å². The van der Waals surface area contributed by atoms with Gasteiger partial charge in [-0.05, 0) is 25.9 Å². The summed E-state index contributed by atoms with van der Waals surface area (Å²) >= 11 is 2.96. The summed E-state index contributed by atoms with van der Waals surface area (Å²) < 4.78 is 94.3. The highest BCUT2D eigenvalue weighted by Crippen LogP contribution is 2.53. The smallest absolute Gasteiger partial charge is 0.485 e. The van der Waals surface area contributed by atoms with Crippen molar-refractivity contribution < 1.29 is 87.7 Å². The van der Waals surface area contributed by atoms with Crippen molar-refractivity contribution in [1.29, 1.82) is 0 Å². The molecule has 0 aromatic carbocycles. The van der Waals surface area contributed by atoms with E-state index in [2.05, 4.69) is 10.6 Å². The number of thioether (sulfide) groups is 2. The van der Waals surface area contributed by atoms with Crippen LogP contribution in [0.15, 0.2) is 80.0 Å². The molecule has 0 spiro atoms. The summed E-state index contributed by atoms with van der Waals surface area (Å²) in [5.41, 5.74) is -5.29. The summed E-state index contributed by atoms with van der Waals surface area (Å²) in [6, 6.07) is 7.41. The van der Waals surface area contributed by atoms with Gasteiger partial charge in [-0.3, -0.25) is 19.4 Å². The van der Waals surface area contributed by atoms with Crippen molar-refractivity contribution in [3.8, 4) is 0 Å². The lowest BCUT2D eigenvalue weighted by atomic mass is 9.82. The molecule has 4 fully saturated rings. The van der Waals surface area contributed by atoms with Crippen molar-refractivity contribution in [1.82, 2.24) is 20.4 Å². The molecule has 6 aliphatic rings. The monoisotopic (exact) mass is 898 g/mol. The number of carboxylic acid groups (broad SMARTS) is 3. The van der Waals surface area contributed by atoms with E-state index in [1.807, 2.05) is 72.3 Å². The summed E-state index contributed by atoms with van der Waals surface area (Å²) in [5, 5.41) is 34.3. The molecule has 6 aliphatic heterocycles. The first-order valence-corrected chi connectivity index (χ1v) is 20.0. The Balaban J connectivity index is 0.000000168. The van der Waals surface area contributed by atoms with E-state index < -0.39 is 39.7 Å². The second-order valence-electron chi connectivity index (χ2n) is 13.4. The summed E-state index contributed by atoms with van der Waals surface area (Å²) in [4.78, 5) is 63.1. The molecule has 26 heteroatoms. The Morgan fingerprint density at radius 1 is 0.746 bits per heavy atom. The molecule has 0 saturated carbocycles. The Bertz CT molecular complexity index is 2080. The molecule has 0 bridgehead atoms. The highest BCUT2D eigenvalue weighted by atomic mass is 32.2. The number of piperidine rings is 2. The molecule has 8 heterocycles. The normalized spacial score (nSPS) is 25.2. The van der Waals surface area contributed by atoms with Crippen LogP contribution in [0.4, 0.5) is 26.3 Å². The number of aliphatic carboxylic acids is 3. The van der Waals surface area contributed by atoms with Crippen molar-refractivity contribution in [3.05, 3.63) is 70.3 Å². The summed E-state index contributed by atoms with van der Waals surface area (Å²) in [5.74, 6) is -4.98. The molecular formula is C33H32F6N6O11S3. The second kappa shape index (κ2) is 17.1. The van der Waals surface area contributed by atoms with Crippen molar-refractivity contribution in [3.63, 3.8) is 0 Å². The van der Waals surface area contributed by atoms with E-state index in [1.165, 1.54) is 33.3 Å². The number of alkyl halides is 6. The van der Waals surface area contributed by atoms with Crippen LogP contribution in [-0.2, 0) is 48.2 Å². The van der Waals surface area contributed by atoms with E-state index in [0.717, 1.165) is 45.5 Å². The molecular weight excluding hydrogens is 867 g/mol. The number of hydrogen-bond acceptors (Lipinski definition) is 13. The van der Waals surface area contributed by atoms with Crippen LogP contribution in [0.3, 0.4) is 0 Å². The Labute approximate surface area is 338 Å². The maximum absolute atomic E-state index is 12.2. The predicted octanol–water partition coefficient (Wildman–Crippen LogP) is -0.446. The number of hydrogen-bond donors (Lipinski definition) is 4. The molecule has 320 valence electrons. The molecule has 0 aliphatic carbocycles. The molecule has 4 N–H and O–H groups in total. The number of nitrogens with zero attached hydrogens (tertiary/aromatic N) is 4. The summed E-state index contributed by atoms with van der Waals surface area (Å²) in [7, 11) is -2.21. The maximum Gasteiger partial charge on any atom is 0.485 e. The van der Waals surface area contributed by atoms with Crippen molar-refractivity contribution in [2.24, 2.45) is 25.9 Å². The van der Waals surface area contributed by atoms with Crippen LogP contribution < -0.4 is 24.9 Å². The maximum atomic E-state index is 12.2. The van der Waals surface area contributed by atoms with Crippen molar-refractivity contribution in [2.75, 3.05) is 13.1 Å². The fourth-order valence-corrected chi connectivity index (χ4v) is 9.50. The fraction of sp³-hybridized carbons (Fsp3) is 0.424. The van der Waals surface area contributed by atoms with E-state index in [0.29, 0.717) is 0 Å². The second-order valence-corrected chi connectivity index (χ2v) is 17.0. The third kappa shape index (κ3) is 9.35. The molecule has 8 rings (SSSR count). The highest BCUT2D eigenvalue weighted by molar-refractivity contribution is 8.03. The average molecular weight is 899 g/mol. The van der Waals surface area contributed by atoms with E-state index in [4.69, 9.17) is 22.9 Å². The Morgan fingerprint density at radius 2 is 1.05 bits per heavy atom. The number of carbonyl (C=O) groups excluding carboxylic acids is 3. The molecule has 6 atom stereocenters. The molecule has 2 unspecified atom stereocenters. The summed E-state index contributed by atoms with van der Waals surface area (Å²) in [6.07, 6.45) is 4.27. The van der Waals surface area contributed by atoms with Crippen LogP contribution in [0.5, 0.6) is 0 Å². The number of carbonyl (C=O) groups is 5. The first kappa shape index (κ1) is 45.3. The standard InChI is InChI=1S/2C15H15N3O3S.C2HF3O2.CHF3O3S/c2*1-17-6-3-8(4-7-17)22-13-9-2-5-16-10-11(9)18(14(10)19)12(13)15(20)21;3-2(4,5)1(6)7;2-1(3,4)8(5,6)7/h2*3-4,6-7,9-11,16H,2,5H2,1H3;(H,6,7);(H,5,6,7)/t2*9?,10-,11+;;/m00../s1. The number of aryl methyl sites for hydroxylation is 2. The van der Waals surface area contributed by atoms with Gasteiger partial charge in [0.15, 0.2) is 34.9 Å². The number of rotatable bonds is 6. The van der Waals surface area contributed by atoms with Gasteiger partial charge >= 0.3 is 23.6 Å². The minimum Gasteiger partial charge on any atom is -0.741 e. The Hall–Kier alpha value is -4.76. The zero-order valence-electron chi connectivity index (χ0n) is 30.3. The van der Waals surface area contributed by atoms with Gasteiger partial charge < -0.3 is 35.3 Å². The van der Waals surface area contributed by atoms with Crippen LogP contribution in [0.1, 0.15) is 12.8 Å². The van der Waals surface area contributed by atoms with E-state index in [9.17, 15) is 55.7 Å². The Kier molecular flexibility index (Phi) is 13.1. The highest BCUT2D eigenvalue weighted by Gasteiger charge is 2.62. The lowest BCUT2D eigenvalue weighted by Crippen LogP contribution is -2.71. The molecule has 2 aromatic rings. The zero-order valence-corrected chi connectivity index (χ0v) is 32.7. The molecule has 17 nitrogen and oxygen atoms in total. The SMILES string of the molecule is C[n+]1ccc(SC2=C(C(=O)O)N3C(=O)[C@H]4NCCC2[C@H]43)cc1.C[n+]1ccc(SC2=C(C(=O)O)N3C(=O)[C@H]4NCCC2[C@H]43)cc1.O=C([O-])C(F)(F)F.O=S(=O)([O-])C(F)(F)F. The Morgan fingerprint density at radius 3 is 1.31 bits per heavy atom. The van der Waals surface area contributed by atoms with E-state index >= 15 is 0 Å². The molecule has 0 radical (unpaired) electrons. The molecule has 2 aromatic heterocycles. The molecule has 4 saturated heterocycles. The summed E-state index contributed by atoms with van der Waals surface area (Å²) in [6.45, 7) is 1.51. The van der Waals surface area contributed by atoms with Gasteiger partial charge in [0.25, 0.3) is 0 Å². The van der Waals surface area contributed by atoms with Crippen molar-refractivity contribution in [2.45, 2.75) is 58.5 Å². The van der Waals surface area contributed by atoms with Gasteiger partial charge in [-0.25, -0.2) is 27.1 Å².